The summed E-state index contributed by atoms with van der Waals surface area (Å²) in [5.74, 6) is -1.50. The minimum Gasteiger partial charge on any atom is -0.490 e. The molecule has 0 radical (unpaired) electrons. The maximum Gasteiger partial charge on any atom is 0.419 e. The number of hydrogen-bond acceptors (Lipinski definition) is 4. The molecule has 3 rings (SSSR count). The van der Waals surface area contributed by atoms with Crippen LogP contribution >= 0.6 is 0 Å². The van der Waals surface area contributed by atoms with E-state index in [-0.39, 0.29) is 29.7 Å². The number of likely N-dealkylation sites (tertiary alicyclic amines) is 1. The van der Waals surface area contributed by atoms with Crippen LogP contribution in [0.3, 0.4) is 0 Å². The number of nitrogens with zero attached hydrogens (tertiary/aromatic N) is 3. The summed E-state index contributed by atoms with van der Waals surface area (Å²) in [6, 6.07) is 5.33. The molecule has 0 N–H and O–H groups in total. The Kier molecular flexibility index (Phi) is 5.90. The molecule has 0 unspecified atom stereocenters. The number of aromatic nitrogens is 2. The van der Waals surface area contributed by atoms with Gasteiger partial charge in [0.2, 0.25) is 5.91 Å². The van der Waals surface area contributed by atoms with E-state index in [1.807, 2.05) is 0 Å². The lowest BCUT2D eigenvalue weighted by Gasteiger charge is -2.32. The van der Waals surface area contributed by atoms with Crippen molar-refractivity contribution in [1.29, 1.82) is 0 Å². The zero-order valence-corrected chi connectivity index (χ0v) is 15.6. The molecule has 6 nitrogen and oxygen atoms in total. The third kappa shape index (κ3) is 5.12. The molecule has 10 heteroatoms. The Morgan fingerprint density at radius 2 is 1.90 bits per heavy atom. The molecule has 0 spiro atoms. The van der Waals surface area contributed by atoms with Gasteiger partial charge in [0, 0.05) is 45.1 Å². The molecule has 1 aromatic heterocycles. The maximum atomic E-state index is 13.6. The highest BCUT2D eigenvalue weighted by Crippen LogP contribution is 2.33. The number of rotatable bonds is 4. The number of halogens is 4. The Bertz CT molecular complexity index is 950. The predicted octanol–water partition coefficient (Wildman–Crippen LogP) is 2.55. The number of hydrogen-bond donors (Lipinski definition) is 0. The molecule has 0 aliphatic carbocycles. The topological polar surface area (TPSA) is 64.4 Å². The van der Waals surface area contributed by atoms with Crippen LogP contribution in [0.4, 0.5) is 17.6 Å². The van der Waals surface area contributed by atoms with Crippen molar-refractivity contribution in [3.05, 3.63) is 57.8 Å². The first-order valence-corrected chi connectivity index (χ1v) is 8.98. The minimum atomic E-state index is -4.76. The standard InChI is InChI=1S/C19H19F4N3O3/c1-25-17(27)5-2-12(24-25)10-18(28)26-8-6-13(7-9-26)29-14-3-4-15(16(20)11-14)19(21,22)23/h2-5,11,13H,6-10H2,1H3. The fraction of sp³-hybridized carbons (Fsp3) is 0.421. The highest BCUT2D eigenvalue weighted by Gasteiger charge is 2.34. The number of alkyl halides is 3. The summed E-state index contributed by atoms with van der Waals surface area (Å²) < 4.78 is 58.2. The van der Waals surface area contributed by atoms with Crippen molar-refractivity contribution in [2.45, 2.75) is 31.5 Å². The Morgan fingerprint density at radius 3 is 2.48 bits per heavy atom. The van der Waals surface area contributed by atoms with Gasteiger partial charge < -0.3 is 9.64 Å². The molecule has 1 fully saturated rings. The van der Waals surface area contributed by atoms with Gasteiger partial charge in [0.1, 0.15) is 17.7 Å². The highest BCUT2D eigenvalue weighted by molar-refractivity contribution is 5.78. The largest absolute Gasteiger partial charge is 0.490 e. The summed E-state index contributed by atoms with van der Waals surface area (Å²) in [6.07, 6.45) is -4.09. The third-order valence-electron chi connectivity index (χ3n) is 4.69. The van der Waals surface area contributed by atoms with E-state index in [1.165, 1.54) is 19.2 Å². The molecular weight excluding hydrogens is 394 g/mol. The van der Waals surface area contributed by atoms with Crippen LogP contribution in [-0.4, -0.2) is 39.8 Å². The summed E-state index contributed by atoms with van der Waals surface area (Å²) in [6.45, 7) is 0.802. The van der Waals surface area contributed by atoms with Gasteiger partial charge in [-0.1, -0.05) is 0 Å². The van der Waals surface area contributed by atoms with Crippen LogP contribution in [0.15, 0.2) is 35.1 Å². The summed E-state index contributed by atoms with van der Waals surface area (Å²) in [5.41, 5.74) is -1.12. The van der Waals surface area contributed by atoms with E-state index in [9.17, 15) is 27.2 Å². The minimum absolute atomic E-state index is 0.0229. The van der Waals surface area contributed by atoms with E-state index < -0.39 is 17.6 Å². The van der Waals surface area contributed by atoms with Crippen molar-refractivity contribution in [2.24, 2.45) is 7.05 Å². The Balaban J connectivity index is 1.53. The molecule has 0 bridgehead atoms. The number of piperidine rings is 1. The molecule has 156 valence electrons. The monoisotopic (exact) mass is 413 g/mol. The quantitative estimate of drug-likeness (QED) is 0.723. The zero-order valence-electron chi connectivity index (χ0n) is 15.6. The van der Waals surface area contributed by atoms with Crippen LogP contribution in [0.1, 0.15) is 24.1 Å². The number of aryl methyl sites for hydroxylation is 1. The Labute approximate surface area is 163 Å². The first-order valence-electron chi connectivity index (χ1n) is 8.98. The summed E-state index contributed by atoms with van der Waals surface area (Å²) in [4.78, 5) is 25.4. The lowest BCUT2D eigenvalue weighted by Crippen LogP contribution is -2.42. The van der Waals surface area contributed by atoms with Crippen molar-refractivity contribution in [3.8, 4) is 5.75 Å². The molecule has 2 aromatic rings. The van der Waals surface area contributed by atoms with E-state index in [2.05, 4.69) is 5.10 Å². The fourth-order valence-corrected chi connectivity index (χ4v) is 3.13. The number of carbonyl (C=O) groups is 1. The Hall–Kier alpha value is -2.91. The van der Waals surface area contributed by atoms with Gasteiger partial charge in [0.25, 0.3) is 5.56 Å². The first kappa shape index (κ1) is 20.8. The molecule has 1 aromatic carbocycles. The number of amides is 1. The second-order valence-electron chi connectivity index (χ2n) is 6.80. The van der Waals surface area contributed by atoms with Gasteiger partial charge in [-0.3, -0.25) is 9.59 Å². The van der Waals surface area contributed by atoms with Crippen molar-refractivity contribution in [3.63, 3.8) is 0 Å². The fourth-order valence-electron chi connectivity index (χ4n) is 3.13. The second-order valence-corrected chi connectivity index (χ2v) is 6.80. The molecule has 0 atom stereocenters. The average molecular weight is 413 g/mol. The highest BCUT2D eigenvalue weighted by atomic mass is 19.4. The van der Waals surface area contributed by atoms with Gasteiger partial charge in [0.05, 0.1) is 17.7 Å². The van der Waals surface area contributed by atoms with Crippen molar-refractivity contribution in [2.75, 3.05) is 13.1 Å². The van der Waals surface area contributed by atoms with Crippen molar-refractivity contribution in [1.82, 2.24) is 14.7 Å². The summed E-state index contributed by atoms with van der Waals surface area (Å²) in [7, 11) is 1.50. The summed E-state index contributed by atoms with van der Waals surface area (Å²) >= 11 is 0. The number of benzene rings is 1. The van der Waals surface area contributed by atoms with Crippen molar-refractivity contribution >= 4 is 5.91 Å². The lowest BCUT2D eigenvalue weighted by molar-refractivity contribution is -0.140. The molecule has 1 saturated heterocycles. The van der Waals surface area contributed by atoms with Gasteiger partial charge in [-0.05, 0) is 18.2 Å². The van der Waals surface area contributed by atoms with Crippen LogP contribution in [0.5, 0.6) is 5.75 Å². The van der Waals surface area contributed by atoms with Crippen LogP contribution in [0, 0.1) is 5.82 Å². The lowest BCUT2D eigenvalue weighted by atomic mass is 10.1. The van der Waals surface area contributed by atoms with Crippen LogP contribution in [0.25, 0.3) is 0 Å². The van der Waals surface area contributed by atoms with E-state index in [0.29, 0.717) is 37.7 Å². The number of ether oxygens (including phenoxy) is 1. The molecular formula is C19H19F4N3O3. The predicted molar refractivity (Wildman–Crippen MR) is 94.8 cm³/mol. The summed E-state index contributed by atoms with van der Waals surface area (Å²) in [5, 5.41) is 4.03. The van der Waals surface area contributed by atoms with Crippen LogP contribution in [0.2, 0.25) is 0 Å². The molecule has 2 heterocycles. The molecule has 29 heavy (non-hydrogen) atoms. The van der Waals surface area contributed by atoms with Gasteiger partial charge in [-0.2, -0.15) is 18.3 Å². The first-order chi connectivity index (χ1) is 13.6. The Morgan fingerprint density at radius 1 is 1.21 bits per heavy atom. The van der Waals surface area contributed by atoms with Gasteiger partial charge >= 0.3 is 6.18 Å². The van der Waals surface area contributed by atoms with E-state index in [4.69, 9.17) is 4.74 Å². The maximum absolute atomic E-state index is 13.6. The molecule has 1 aliphatic rings. The smallest absolute Gasteiger partial charge is 0.419 e. The van der Waals surface area contributed by atoms with E-state index in [1.54, 1.807) is 4.90 Å². The molecule has 1 amide bonds. The zero-order chi connectivity index (χ0) is 21.2. The molecule has 0 saturated carbocycles. The van der Waals surface area contributed by atoms with Gasteiger partial charge in [-0.25, -0.2) is 9.07 Å². The van der Waals surface area contributed by atoms with Gasteiger partial charge in [0.15, 0.2) is 0 Å². The number of carbonyl (C=O) groups excluding carboxylic acids is 1. The third-order valence-corrected chi connectivity index (χ3v) is 4.69. The van der Waals surface area contributed by atoms with Crippen molar-refractivity contribution < 1.29 is 27.1 Å². The van der Waals surface area contributed by atoms with Gasteiger partial charge in [-0.15, -0.1) is 0 Å². The normalized spacial score (nSPS) is 15.4. The van der Waals surface area contributed by atoms with E-state index >= 15 is 0 Å². The molecule has 1 aliphatic heterocycles. The second kappa shape index (κ2) is 8.22. The average Bonchev–Trinajstić information content (AvgIpc) is 2.64. The SMILES string of the molecule is Cn1nc(CC(=O)N2CCC(Oc3ccc(C(F)(F)F)c(F)c3)CC2)ccc1=O. The van der Waals surface area contributed by atoms with Crippen LogP contribution < -0.4 is 10.3 Å². The van der Waals surface area contributed by atoms with Crippen LogP contribution in [-0.2, 0) is 24.4 Å². The van der Waals surface area contributed by atoms with E-state index in [0.717, 1.165) is 16.8 Å².